The van der Waals surface area contributed by atoms with Crippen LogP contribution in [0, 0.1) is 22.6 Å². The van der Waals surface area contributed by atoms with Gasteiger partial charge in [-0.05, 0) is 25.0 Å². The number of carboxylic acid groups (broad SMARTS) is 2. The number of aliphatic carboxylic acids is 2. The zero-order chi connectivity index (χ0) is 24.8. The number of hydrogen-bond donors (Lipinski definition) is 3. The van der Waals surface area contributed by atoms with Gasteiger partial charge in [0.1, 0.15) is 12.5 Å². The molecule has 1 fully saturated rings. The van der Waals surface area contributed by atoms with E-state index >= 15 is 4.39 Å². The van der Waals surface area contributed by atoms with Gasteiger partial charge in [-0.15, -0.1) is 0 Å². The Balaban J connectivity index is 3.19. The molecule has 1 aliphatic heterocycles. The van der Waals surface area contributed by atoms with Crippen molar-refractivity contribution in [1.82, 2.24) is 5.32 Å². The maximum atomic E-state index is 15.2. The molecular formula is C20H22BrClF5NO4. The first kappa shape index (κ1) is 26.8. The largest absolute Gasteiger partial charge is 0.481 e. The van der Waals surface area contributed by atoms with Crippen LogP contribution < -0.4 is 5.32 Å². The van der Waals surface area contributed by atoms with Crippen LogP contribution in [-0.4, -0.2) is 46.2 Å². The minimum absolute atomic E-state index is 0.177. The van der Waals surface area contributed by atoms with Crippen molar-refractivity contribution in [1.29, 1.82) is 0 Å². The standard InChI is InChI=1S/C20H22BrClF5NO4/c1-8(2)19(17(31)32)11(6-21)28-12(7-23)18(3,16(29)30)15(19)13-10(24)5-4-9(22)14(13)20(25,26)27/h4-5,8,11-12,15,28H,6-7H2,1-3H3,(H,29,30)(H,31,32). The predicted octanol–water partition coefficient (Wildman–Crippen LogP) is 5.10. The molecule has 1 aromatic rings. The first-order chi connectivity index (χ1) is 14.6. The Bertz CT molecular complexity index is 915. The van der Waals surface area contributed by atoms with Crippen LogP contribution in [0.2, 0.25) is 5.02 Å². The summed E-state index contributed by atoms with van der Waals surface area (Å²) in [4.78, 5) is 25.2. The SMILES string of the molecule is CC(C)C1(C(=O)O)C(CBr)NC(CF)C(C)(C(=O)O)C1c1c(F)ccc(Cl)c1C(F)(F)F. The second-order valence-electron chi connectivity index (χ2n) is 8.31. The molecule has 2 rings (SSSR count). The lowest BCUT2D eigenvalue weighted by atomic mass is 9.48. The molecule has 1 heterocycles. The number of benzene rings is 1. The maximum Gasteiger partial charge on any atom is 0.418 e. The lowest BCUT2D eigenvalue weighted by Gasteiger charge is -2.58. The van der Waals surface area contributed by atoms with Crippen molar-refractivity contribution < 1.29 is 41.8 Å². The van der Waals surface area contributed by atoms with Gasteiger partial charge in [0, 0.05) is 22.9 Å². The summed E-state index contributed by atoms with van der Waals surface area (Å²) in [5.41, 5.74) is -7.64. The van der Waals surface area contributed by atoms with E-state index in [1.54, 1.807) is 0 Å². The molecule has 0 saturated carbocycles. The molecule has 180 valence electrons. The monoisotopic (exact) mass is 549 g/mol. The van der Waals surface area contributed by atoms with E-state index in [4.69, 9.17) is 11.6 Å². The van der Waals surface area contributed by atoms with Gasteiger partial charge < -0.3 is 15.5 Å². The van der Waals surface area contributed by atoms with Gasteiger partial charge in [0.15, 0.2) is 0 Å². The molecular weight excluding hydrogens is 529 g/mol. The van der Waals surface area contributed by atoms with Crippen molar-refractivity contribution >= 4 is 39.5 Å². The lowest BCUT2D eigenvalue weighted by molar-refractivity contribution is -0.178. The Morgan fingerprint density at radius 1 is 1.22 bits per heavy atom. The summed E-state index contributed by atoms with van der Waals surface area (Å²) in [5, 5.41) is 22.0. The molecule has 12 heteroatoms. The molecule has 0 amide bonds. The summed E-state index contributed by atoms with van der Waals surface area (Å²) >= 11 is 8.90. The van der Waals surface area contributed by atoms with Crippen molar-refractivity contribution in [3.8, 4) is 0 Å². The normalized spacial score (nSPS) is 31.0. The summed E-state index contributed by atoms with van der Waals surface area (Å²) in [5.74, 6) is -8.03. The fourth-order valence-corrected chi connectivity index (χ4v) is 6.03. The van der Waals surface area contributed by atoms with Gasteiger partial charge in [0.25, 0.3) is 0 Å². The molecule has 5 unspecified atom stereocenters. The predicted molar refractivity (Wildman–Crippen MR) is 110 cm³/mol. The number of alkyl halides is 5. The van der Waals surface area contributed by atoms with Crippen LogP contribution in [0.15, 0.2) is 12.1 Å². The highest BCUT2D eigenvalue weighted by molar-refractivity contribution is 9.09. The second kappa shape index (κ2) is 9.06. The molecule has 0 aliphatic carbocycles. The van der Waals surface area contributed by atoms with E-state index < -0.39 is 81.5 Å². The van der Waals surface area contributed by atoms with Crippen molar-refractivity contribution in [3.05, 3.63) is 34.1 Å². The Morgan fingerprint density at radius 3 is 2.16 bits per heavy atom. The van der Waals surface area contributed by atoms with Gasteiger partial charge in [0.05, 0.1) is 27.5 Å². The highest BCUT2D eigenvalue weighted by Crippen LogP contribution is 2.61. The van der Waals surface area contributed by atoms with Crippen molar-refractivity contribution in [3.63, 3.8) is 0 Å². The molecule has 5 nitrogen and oxygen atoms in total. The topological polar surface area (TPSA) is 86.6 Å². The van der Waals surface area contributed by atoms with Crippen LogP contribution in [0.4, 0.5) is 22.0 Å². The Morgan fingerprint density at radius 2 is 1.78 bits per heavy atom. The van der Waals surface area contributed by atoms with Gasteiger partial charge in [-0.25, -0.2) is 8.78 Å². The van der Waals surface area contributed by atoms with Gasteiger partial charge >= 0.3 is 18.1 Å². The van der Waals surface area contributed by atoms with E-state index in [-0.39, 0.29) is 5.33 Å². The minimum Gasteiger partial charge on any atom is -0.481 e. The van der Waals surface area contributed by atoms with Gasteiger partial charge in [-0.3, -0.25) is 9.59 Å². The van der Waals surface area contributed by atoms with Crippen LogP contribution in [0.25, 0.3) is 0 Å². The van der Waals surface area contributed by atoms with Crippen LogP contribution >= 0.6 is 27.5 Å². The second-order valence-corrected chi connectivity index (χ2v) is 9.36. The molecule has 0 bridgehead atoms. The zero-order valence-electron chi connectivity index (χ0n) is 17.2. The zero-order valence-corrected chi connectivity index (χ0v) is 19.6. The number of hydrogen-bond acceptors (Lipinski definition) is 3. The lowest BCUT2D eigenvalue weighted by Crippen LogP contribution is -2.73. The summed E-state index contributed by atoms with van der Waals surface area (Å²) in [6.45, 7) is 2.35. The number of nitrogens with one attached hydrogen (secondary N) is 1. The van der Waals surface area contributed by atoms with Gasteiger partial charge in [-0.2, -0.15) is 13.2 Å². The smallest absolute Gasteiger partial charge is 0.418 e. The van der Waals surface area contributed by atoms with Gasteiger partial charge in [0.2, 0.25) is 0 Å². The third kappa shape index (κ3) is 3.79. The van der Waals surface area contributed by atoms with Crippen molar-refractivity contribution in [2.24, 2.45) is 16.7 Å². The van der Waals surface area contributed by atoms with Crippen LogP contribution in [0.3, 0.4) is 0 Å². The van der Waals surface area contributed by atoms with E-state index in [1.165, 1.54) is 13.8 Å². The molecule has 0 radical (unpaired) electrons. The molecule has 5 atom stereocenters. The van der Waals surface area contributed by atoms with Crippen LogP contribution in [0.1, 0.15) is 37.8 Å². The summed E-state index contributed by atoms with van der Waals surface area (Å²) in [6.07, 6.45) is -5.24. The number of carboxylic acids is 2. The first-order valence-electron chi connectivity index (χ1n) is 9.53. The van der Waals surface area contributed by atoms with Crippen LogP contribution in [0.5, 0.6) is 0 Å². The van der Waals surface area contributed by atoms with E-state index in [9.17, 15) is 37.4 Å². The number of halogens is 7. The maximum absolute atomic E-state index is 15.2. The highest BCUT2D eigenvalue weighted by Gasteiger charge is 2.69. The van der Waals surface area contributed by atoms with E-state index in [0.29, 0.717) is 12.1 Å². The summed E-state index contributed by atoms with van der Waals surface area (Å²) in [6, 6.07) is -1.57. The highest BCUT2D eigenvalue weighted by atomic mass is 79.9. The summed E-state index contributed by atoms with van der Waals surface area (Å²) < 4.78 is 71.5. The molecule has 1 aliphatic rings. The van der Waals surface area contributed by atoms with E-state index in [0.717, 1.165) is 6.92 Å². The average Bonchev–Trinajstić information content (AvgIpc) is 2.67. The number of piperidine rings is 1. The third-order valence-electron chi connectivity index (χ3n) is 6.59. The van der Waals surface area contributed by atoms with Crippen LogP contribution in [-0.2, 0) is 15.8 Å². The Kier molecular flexibility index (Phi) is 7.58. The van der Waals surface area contributed by atoms with Gasteiger partial charge in [-0.1, -0.05) is 41.4 Å². The minimum atomic E-state index is -5.24. The van der Waals surface area contributed by atoms with E-state index in [2.05, 4.69) is 21.2 Å². The molecule has 1 aromatic carbocycles. The Hall–Kier alpha value is -1.46. The fourth-order valence-electron chi connectivity index (χ4n) is 5.03. The molecule has 32 heavy (non-hydrogen) atoms. The van der Waals surface area contributed by atoms with Crippen molar-refractivity contribution in [2.75, 3.05) is 12.0 Å². The van der Waals surface area contributed by atoms with Crippen molar-refractivity contribution in [2.45, 2.75) is 44.9 Å². The average molecular weight is 551 g/mol. The third-order valence-corrected chi connectivity index (χ3v) is 7.55. The molecule has 3 N–H and O–H groups in total. The quantitative estimate of drug-likeness (QED) is 0.339. The fraction of sp³-hybridized carbons (Fsp3) is 0.600. The summed E-state index contributed by atoms with van der Waals surface area (Å²) in [7, 11) is 0. The Labute approximate surface area is 194 Å². The molecule has 0 spiro atoms. The first-order valence-corrected chi connectivity index (χ1v) is 11.0. The molecule has 1 saturated heterocycles. The molecule has 0 aromatic heterocycles. The number of rotatable bonds is 6. The van der Waals surface area contributed by atoms with E-state index in [1.807, 2.05) is 0 Å². The number of carbonyl (C=O) groups is 2.